The number of carbonyl (C=O) groups excluding carboxylic acids is 1. The second-order valence-corrected chi connectivity index (χ2v) is 8.67. The largest absolute Gasteiger partial charge is 0.387 e. The first-order chi connectivity index (χ1) is 11.9. The van der Waals surface area contributed by atoms with E-state index in [2.05, 4.69) is 18.7 Å². The Morgan fingerprint density at radius 1 is 1.24 bits per heavy atom. The number of benzene rings is 1. The predicted octanol–water partition coefficient (Wildman–Crippen LogP) is 2.61. The lowest BCUT2D eigenvalue weighted by Gasteiger charge is -2.49. The zero-order valence-electron chi connectivity index (χ0n) is 15.7. The Morgan fingerprint density at radius 3 is 2.48 bits per heavy atom. The molecule has 0 radical (unpaired) electrons. The molecule has 1 aliphatic heterocycles. The Bertz CT molecular complexity index is 672. The summed E-state index contributed by atoms with van der Waals surface area (Å²) in [5.74, 6) is 1.27. The van der Waals surface area contributed by atoms with Crippen molar-refractivity contribution >= 4 is 5.91 Å². The van der Waals surface area contributed by atoms with E-state index in [9.17, 15) is 9.90 Å². The summed E-state index contributed by atoms with van der Waals surface area (Å²) in [6.07, 6.45) is 4.80. The van der Waals surface area contributed by atoms with Gasteiger partial charge in [0.05, 0.1) is 5.60 Å². The molecular formula is C21H30N2O2. The maximum Gasteiger partial charge on any atom is 0.253 e. The molecule has 1 N–H and O–H groups in total. The van der Waals surface area contributed by atoms with E-state index in [-0.39, 0.29) is 11.9 Å². The van der Waals surface area contributed by atoms with Crippen molar-refractivity contribution in [3.8, 4) is 0 Å². The number of likely N-dealkylation sites (tertiary alicyclic amines) is 1. The number of carbonyl (C=O) groups is 1. The molecule has 1 heterocycles. The number of nitrogens with zero attached hydrogens (tertiary/aromatic N) is 2. The van der Waals surface area contributed by atoms with E-state index in [0.717, 1.165) is 25.2 Å². The number of aryl methyl sites for hydroxylation is 2. The third-order valence-corrected chi connectivity index (χ3v) is 6.52. The number of rotatable bonds is 6. The van der Waals surface area contributed by atoms with Gasteiger partial charge >= 0.3 is 0 Å². The van der Waals surface area contributed by atoms with E-state index in [0.29, 0.717) is 11.8 Å². The van der Waals surface area contributed by atoms with Crippen molar-refractivity contribution in [1.82, 2.24) is 9.80 Å². The summed E-state index contributed by atoms with van der Waals surface area (Å²) in [6, 6.07) is 6.25. The molecule has 4 rings (SSSR count). The maximum absolute atomic E-state index is 13.0. The molecule has 2 aliphatic carbocycles. The van der Waals surface area contributed by atoms with E-state index < -0.39 is 5.60 Å². The molecule has 0 aromatic heterocycles. The Kier molecular flexibility index (Phi) is 4.16. The normalized spacial score (nSPS) is 23.8. The molecule has 1 amide bonds. The average Bonchev–Trinajstić information content (AvgIpc) is 3.43. The van der Waals surface area contributed by atoms with Crippen LogP contribution in [0.1, 0.15) is 47.2 Å². The highest BCUT2D eigenvalue weighted by atomic mass is 16.3. The van der Waals surface area contributed by atoms with Crippen LogP contribution in [0.25, 0.3) is 0 Å². The van der Waals surface area contributed by atoms with Crippen LogP contribution >= 0.6 is 0 Å². The van der Waals surface area contributed by atoms with Gasteiger partial charge in [-0.25, -0.2) is 0 Å². The van der Waals surface area contributed by atoms with Crippen LogP contribution in [0.3, 0.4) is 0 Å². The van der Waals surface area contributed by atoms with Crippen molar-refractivity contribution in [3.05, 3.63) is 34.9 Å². The van der Waals surface area contributed by atoms with Gasteiger partial charge in [0, 0.05) is 38.3 Å². The van der Waals surface area contributed by atoms with E-state index in [1.807, 2.05) is 30.1 Å². The lowest BCUT2D eigenvalue weighted by molar-refractivity contribution is -0.118. The Balaban J connectivity index is 1.41. The second-order valence-electron chi connectivity index (χ2n) is 8.67. The van der Waals surface area contributed by atoms with Crippen LogP contribution in [0, 0.1) is 25.7 Å². The van der Waals surface area contributed by atoms with Gasteiger partial charge in [0.2, 0.25) is 0 Å². The smallest absolute Gasteiger partial charge is 0.253 e. The van der Waals surface area contributed by atoms with Gasteiger partial charge in [0.15, 0.2) is 0 Å². The van der Waals surface area contributed by atoms with Gasteiger partial charge in [0.25, 0.3) is 5.91 Å². The summed E-state index contributed by atoms with van der Waals surface area (Å²) in [7, 11) is 1.95. The number of β-amino-alcohol motifs (C(OH)–C–C–N with tert-alkyl or cyclic N) is 1. The lowest BCUT2D eigenvalue weighted by atomic mass is 9.88. The highest BCUT2D eigenvalue weighted by molar-refractivity contribution is 5.94. The SMILES string of the molecule is Cc1ccc(C(=O)N(C)[C@H](CN2CC(O)(C3CC3)C2)C2CC2)cc1C. The first kappa shape index (κ1) is 17.0. The molecule has 4 heteroatoms. The molecule has 3 aliphatic rings. The fraction of sp³-hybridized carbons (Fsp3) is 0.667. The highest BCUT2D eigenvalue weighted by Gasteiger charge is 2.52. The van der Waals surface area contributed by atoms with E-state index >= 15 is 0 Å². The van der Waals surface area contributed by atoms with Crippen molar-refractivity contribution in [1.29, 1.82) is 0 Å². The molecular weight excluding hydrogens is 312 g/mol. The minimum Gasteiger partial charge on any atom is -0.387 e. The van der Waals surface area contributed by atoms with Crippen molar-refractivity contribution in [3.63, 3.8) is 0 Å². The third kappa shape index (κ3) is 3.34. The fourth-order valence-electron chi connectivity index (χ4n) is 4.30. The summed E-state index contributed by atoms with van der Waals surface area (Å²) in [5, 5.41) is 10.5. The molecule has 0 spiro atoms. The summed E-state index contributed by atoms with van der Waals surface area (Å²) < 4.78 is 0. The molecule has 0 unspecified atom stereocenters. The van der Waals surface area contributed by atoms with Crippen LogP contribution in [0.15, 0.2) is 18.2 Å². The minimum atomic E-state index is -0.440. The molecule has 1 atom stereocenters. The van der Waals surface area contributed by atoms with Crippen LogP contribution in [0.5, 0.6) is 0 Å². The number of hydrogen-bond acceptors (Lipinski definition) is 3. The van der Waals surface area contributed by atoms with E-state index in [4.69, 9.17) is 0 Å². The van der Waals surface area contributed by atoms with Crippen LogP contribution < -0.4 is 0 Å². The average molecular weight is 342 g/mol. The number of amides is 1. The fourth-order valence-corrected chi connectivity index (χ4v) is 4.30. The van der Waals surface area contributed by atoms with Crippen molar-refractivity contribution < 1.29 is 9.90 Å². The van der Waals surface area contributed by atoms with Crippen LogP contribution in [0.4, 0.5) is 0 Å². The van der Waals surface area contributed by atoms with Crippen molar-refractivity contribution in [2.24, 2.45) is 11.8 Å². The number of aliphatic hydroxyl groups is 1. The molecule has 0 bridgehead atoms. The van der Waals surface area contributed by atoms with E-state index in [1.54, 1.807) is 0 Å². The standard InChI is InChI=1S/C21H30N2O2/c1-14-4-5-17(10-15(14)2)20(24)22(3)19(16-6-7-16)11-23-12-21(25,13-23)18-8-9-18/h4-5,10,16,18-19,25H,6-9,11-13H2,1-3H3/t19-/m1/s1. The minimum absolute atomic E-state index is 0.123. The molecule has 4 nitrogen and oxygen atoms in total. The van der Waals surface area contributed by atoms with E-state index in [1.165, 1.54) is 36.8 Å². The Labute approximate surface area is 150 Å². The van der Waals surface area contributed by atoms with Crippen LogP contribution in [0.2, 0.25) is 0 Å². The molecule has 1 aromatic carbocycles. The van der Waals surface area contributed by atoms with Crippen LogP contribution in [-0.4, -0.2) is 59.1 Å². The lowest BCUT2D eigenvalue weighted by Crippen LogP contribution is -2.65. The molecule has 1 saturated heterocycles. The number of likely N-dealkylation sites (N-methyl/N-ethyl adjacent to an activating group) is 1. The molecule has 1 aromatic rings. The Hall–Kier alpha value is -1.39. The van der Waals surface area contributed by atoms with Crippen molar-refractivity contribution in [2.45, 2.75) is 51.2 Å². The van der Waals surface area contributed by atoms with Gasteiger partial charge in [-0.1, -0.05) is 6.07 Å². The Morgan fingerprint density at radius 2 is 1.92 bits per heavy atom. The summed E-state index contributed by atoms with van der Waals surface area (Å²) in [6.45, 7) is 6.60. The quantitative estimate of drug-likeness (QED) is 0.864. The number of hydrogen-bond donors (Lipinski definition) is 1. The maximum atomic E-state index is 13.0. The third-order valence-electron chi connectivity index (χ3n) is 6.52. The first-order valence-electron chi connectivity index (χ1n) is 9.66. The predicted molar refractivity (Wildman–Crippen MR) is 98.6 cm³/mol. The monoisotopic (exact) mass is 342 g/mol. The summed E-state index contributed by atoms with van der Waals surface area (Å²) in [5.41, 5.74) is 2.73. The highest BCUT2D eigenvalue weighted by Crippen LogP contribution is 2.45. The molecule has 2 saturated carbocycles. The van der Waals surface area contributed by atoms with Crippen LogP contribution in [-0.2, 0) is 0 Å². The van der Waals surface area contributed by atoms with Gasteiger partial charge in [0.1, 0.15) is 0 Å². The molecule has 3 fully saturated rings. The zero-order valence-corrected chi connectivity index (χ0v) is 15.7. The molecule has 25 heavy (non-hydrogen) atoms. The summed E-state index contributed by atoms with van der Waals surface area (Å²) >= 11 is 0. The topological polar surface area (TPSA) is 43.8 Å². The van der Waals surface area contributed by atoms with Gasteiger partial charge in [-0.2, -0.15) is 0 Å². The summed E-state index contributed by atoms with van der Waals surface area (Å²) in [4.78, 5) is 17.3. The second kappa shape index (κ2) is 6.10. The first-order valence-corrected chi connectivity index (χ1v) is 9.66. The van der Waals surface area contributed by atoms with Gasteiger partial charge in [-0.3, -0.25) is 9.69 Å². The zero-order chi connectivity index (χ0) is 17.8. The van der Waals surface area contributed by atoms with Crippen molar-refractivity contribution in [2.75, 3.05) is 26.7 Å². The molecule has 136 valence electrons. The van der Waals surface area contributed by atoms with Gasteiger partial charge in [-0.05, 0) is 74.6 Å². The van der Waals surface area contributed by atoms with Gasteiger partial charge in [-0.15, -0.1) is 0 Å². The van der Waals surface area contributed by atoms with Gasteiger partial charge < -0.3 is 10.0 Å².